The van der Waals surface area contributed by atoms with Crippen molar-refractivity contribution in [1.82, 2.24) is 0 Å². The summed E-state index contributed by atoms with van der Waals surface area (Å²) in [4.78, 5) is 21.5. The first-order valence-corrected chi connectivity index (χ1v) is 3.46. The molecule has 0 spiro atoms. The lowest BCUT2D eigenvalue weighted by molar-refractivity contribution is -0.143. The SMILES string of the molecule is CC(=O)C1CC(=O)OC1CO. The predicted octanol–water partition coefficient (Wildman–Crippen LogP) is -0.501. The Morgan fingerprint density at radius 2 is 2.45 bits per heavy atom. The highest BCUT2D eigenvalue weighted by molar-refractivity contribution is 5.86. The van der Waals surface area contributed by atoms with Crippen molar-refractivity contribution in [1.29, 1.82) is 0 Å². The summed E-state index contributed by atoms with van der Waals surface area (Å²) in [6.07, 6.45) is -0.499. The number of ether oxygens (including phenoxy) is 1. The fraction of sp³-hybridized carbons (Fsp3) is 0.714. The van der Waals surface area contributed by atoms with E-state index >= 15 is 0 Å². The minimum atomic E-state index is -0.611. The second kappa shape index (κ2) is 3.00. The average Bonchev–Trinajstić information content (AvgIpc) is 2.30. The zero-order valence-electron chi connectivity index (χ0n) is 6.24. The van der Waals surface area contributed by atoms with Crippen LogP contribution in [0, 0.1) is 5.92 Å². The monoisotopic (exact) mass is 158 g/mol. The second-order valence-corrected chi connectivity index (χ2v) is 2.63. The van der Waals surface area contributed by atoms with Crippen LogP contribution in [0.2, 0.25) is 0 Å². The molecule has 4 heteroatoms. The molecule has 0 aromatic carbocycles. The Hall–Kier alpha value is -0.900. The molecule has 1 heterocycles. The van der Waals surface area contributed by atoms with Gasteiger partial charge in [0.25, 0.3) is 0 Å². The van der Waals surface area contributed by atoms with Gasteiger partial charge in [0.1, 0.15) is 11.9 Å². The fourth-order valence-corrected chi connectivity index (χ4v) is 1.18. The molecule has 1 aliphatic heterocycles. The predicted molar refractivity (Wildman–Crippen MR) is 35.8 cm³/mol. The van der Waals surface area contributed by atoms with E-state index in [2.05, 4.69) is 4.74 Å². The van der Waals surface area contributed by atoms with Crippen LogP contribution in [-0.2, 0) is 14.3 Å². The molecule has 0 amide bonds. The standard InChI is InChI=1S/C7H10O4/c1-4(9)5-2-7(10)11-6(5)3-8/h5-6,8H,2-3H2,1H3. The highest BCUT2D eigenvalue weighted by Crippen LogP contribution is 2.22. The molecule has 0 radical (unpaired) electrons. The molecule has 0 aromatic heterocycles. The maximum absolute atomic E-state index is 10.8. The van der Waals surface area contributed by atoms with Crippen LogP contribution in [-0.4, -0.2) is 29.6 Å². The molecule has 4 nitrogen and oxygen atoms in total. The van der Waals surface area contributed by atoms with Gasteiger partial charge in [0.05, 0.1) is 18.9 Å². The number of esters is 1. The van der Waals surface area contributed by atoms with Gasteiger partial charge in [-0.05, 0) is 6.92 Å². The summed E-state index contributed by atoms with van der Waals surface area (Å²) in [5.74, 6) is -0.938. The third-order valence-electron chi connectivity index (χ3n) is 1.82. The number of hydrogen-bond acceptors (Lipinski definition) is 4. The zero-order valence-corrected chi connectivity index (χ0v) is 6.24. The van der Waals surface area contributed by atoms with Gasteiger partial charge in [0, 0.05) is 0 Å². The van der Waals surface area contributed by atoms with Crippen LogP contribution in [0.5, 0.6) is 0 Å². The Morgan fingerprint density at radius 3 is 2.82 bits per heavy atom. The summed E-state index contributed by atoms with van der Waals surface area (Å²) in [6, 6.07) is 0. The third kappa shape index (κ3) is 1.57. The number of ketones is 1. The lowest BCUT2D eigenvalue weighted by atomic mass is 9.98. The minimum absolute atomic E-state index is 0.102. The summed E-state index contributed by atoms with van der Waals surface area (Å²) >= 11 is 0. The highest BCUT2D eigenvalue weighted by atomic mass is 16.6. The van der Waals surface area contributed by atoms with Crippen molar-refractivity contribution >= 4 is 11.8 Å². The van der Waals surface area contributed by atoms with E-state index in [0.717, 1.165) is 0 Å². The van der Waals surface area contributed by atoms with Gasteiger partial charge in [-0.25, -0.2) is 0 Å². The van der Waals surface area contributed by atoms with E-state index in [9.17, 15) is 9.59 Å². The second-order valence-electron chi connectivity index (χ2n) is 2.63. The first-order chi connectivity index (χ1) is 5.15. The quantitative estimate of drug-likeness (QED) is 0.550. The van der Waals surface area contributed by atoms with E-state index in [1.54, 1.807) is 0 Å². The minimum Gasteiger partial charge on any atom is -0.459 e. The Kier molecular flexibility index (Phi) is 2.24. The molecule has 1 aliphatic rings. The summed E-state index contributed by atoms with van der Waals surface area (Å²) < 4.78 is 4.67. The van der Waals surface area contributed by atoms with E-state index in [0.29, 0.717) is 0 Å². The molecule has 1 fully saturated rings. The molecule has 2 atom stereocenters. The Morgan fingerprint density at radius 1 is 1.82 bits per heavy atom. The largest absolute Gasteiger partial charge is 0.459 e. The van der Waals surface area contributed by atoms with Gasteiger partial charge in [0.2, 0.25) is 0 Å². The maximum Gasteiger partial charge on any atom is 0.307 e. The normalized spacial score (nSPS) is 30.2. The van der Waals surface area contributed by atoms with E-state index in [4.69, 9.17) is 5.11 Å². The van der Waals surface area contributed by atoms with Gasteiger partial charge in [-0.2, -0.15) is 0 Å². The van der Waals surface area contributed by atoms with Gasteiger partial charge in [0.15, 0.2) is 0 Å². The Bertz CT molecular complexity index is 187. The fourth-order valence-electron chi connectivity index (χ4n) is 1.18. The molecular weight excluding hydrogens is 148 g/mol. The molecule has 2 unspecified atom stereocenters. The maximum atomic E-state index is 10.8. The van der Waals surface area contributed by atoms with Crippen molar-refractivity contribution in [3.8, 4) is 0 Å². The van der Waals surface area contributed by atoms with Crippen LogP contribution in [0.1, 0.15) is 13.3 Å². The van der Waals surface area contributed by atoms with Crippen molar-refractivity contribution < 1.29 is 19.4 Å². The number of aliphatic hydroxyl groups excluding tert-OH is 1. The number of aliphatic hydroxyl groups is 1. The van der Waals surface area contributed by atoms with Gasteiger partial charge in [-0.1, -0.05) is 0 Å². The van der Waals surface area contributed by atoms with Crippen LogP contribution in [0.25, 0.3) is 0 Å². The number of carbonyl (C=O) groups excluding carboxylic acids is 2. The lowest BCUT2D eigenvalue weighted by Gasteiger charge is -2.10. The highest BCUT2D eigenvalue weighted by Gasteiger charge is 2.37. The van der Waals surface area contributed by atoms with Gasteiger partial charge < -0.3 is 9.84 Å². The van der Waals surface area contributed by atoms with Crippen LogP contribution in [0.3, 0.4) is 0 Å². The molecule has 62 valence electrons. The van der Waals surface area contributed by atoms with E-state index in [-0.39, 0.29) is 18.8 Å². The molecule has 1 N–H and O–H groups in total. The first-order valence-electron chi connectivity index (χ1n) is 3.46. The number of rotatable bonds is 2. The van der Waals surface area contributed by atoms with Gasteiger partial charge in [-0.15, -0.1) is 0 Å². The molecule has 1 rings (SSSR count). The summed E-state index contributed by atoms with van der Waals surface area (Å²) in [6.45, 7) is 1.13. The van der Waals surface area contributed by atoms with Crippen molar-refractivity contribution in [2.24, 2.45) is 5.92 Å². The van der Waals surface area contributed by atoms with Crippen molar-refractivity contribution in [3.63, 3.8) is 0 Å². The smallest absolute Gasteiger partial charge is 0.307 e. The lowest BCUT2D eigenvalue weighted by Crippen LogP contribution is -2.25. The number of hydrogen-bond donors (Lipinski definition) is 1. The molecule has 11 heavy (non-hydrogen) atoms. The van der Waals surface area contributed by atoms with Crippen LogP contribution in [0.4, 0.5) is 0 Å². The van der Waals surface area contributed by atoms with Crippen molar-refractivity contribution in [2.75, 3.05) is 6.61 Å². The van der Waals surface area contributed by atoms with E-state index < -0.39 is 18.0 Å². The van der Waals surface area contributed by atoms with Crippen LogP contribution >= 0.6 is 0 Å². The summed E-state index contributed by atoms with van der Waals surface area (Å²) in [5, 5.41) is 8.67. The topological polar surface area (TPSA) is 63.6 Å². The molecule has 0 aliphatic carbocycles. The molecule has 0 saturated carbocycles. The number of carbonyl (C=O) groups is 2. The summed E-state index contributed by atoms with van der Waals surface area (Å²) in [7, 11) is 0. The van der Waals surface area contributed by atoms with Crippen LogP contribution in [0.15, 0.2) is 0 Å². The first kappa shape index (κ1) is 8.20. The van der Waals surface area contributed by atoms with E-state index in [1.807, 2.05) is 0 Å². The molecule has 0 bridgehead atoms. The zero-order chi connectivity index (χ0) is 8.43. The summed E-state index contributed by atoms with van der Waals surface area (Å²) in [5.41, 5.74) is 0. The van der Waals surface area contributed by atoms with Crippen LogP contribution < -0.4 is 0 Å². The molecule has 0 aromatic rings. The van der Waals surface area contributed by atoms with Gasteiger partial charge >= 0.3 is 5.97 Å². The Balaban J connectivity index is 2.64. The molecular formula is C7H10O4. The molecule has 1 saturated heterocycles. The van der Waals surface area contributed by atoms with Crippen molar-refractivity contribution in [3.05, 3.63) is 0 Å². The Labute approximate surface area is 64.2 Å². The number of Topliss-reactive ketones (excluding diaryl/α,β-unsaturated/α-hetero) is 1. The van der Waals surface area contributed by atoms with E-state index in [1.165, 1.54) is 6.92 Å². The van der Waals surface area contributed by atoms with Crippen molar-refractivity contribution in [2.45, 2.75) is 19.4 Å². The number of cyclic esters (lactones) is 1. The van der Waals surface area contributed by atoms with Gasteiger partial charge in [-0.3, -0.25) is 9.59 Å². The third-order valence-corrected chi connectivity index (χ3v) is 1.82. The average molecular weight is 158 g/mol.